The summed E-state index contributed by atoms with van der Waals surface area (Å²) in [6.45, 7) is 4.11. The van der Waals surface area contributed by atoms with Gasteiger partial charge in [0.1, 0.15) is 0 Å². The highest BCUT2D eigenvalue weighted by molar-refractivity contribution is 6.32. The van der Waals surface area contributed by atoms with E-state index in [1.165, 1.54) is 0 Å². The smallest absolute Gasteiger partial charge is 0.205 e. The maximum absolute atomic E-state index is 6.23. The summed E-state index contributed by atoms with van der Waals surface area (Å²) in [4.78, 5) is 0. The van der Waals surface area contributed by atoms with Crippen LogP contribution < -0.4 is 14.2 Å². The number of rotatable bonds is 5. The van der Waals surface area contributed by atoms with Crippen molar-refractivity contribution in [3.63, 3.8) is 0 Å². The Balaban J connectivity index is 3.22. The fraction of sp³-hybridized carbons (Fsp3) is 0.500. The second kappa shape index (κ2) is 7.91. The van der Waals surface area contributed by atoms with E-state index in [0.717, 1.165) is 18.4 Å². The van der Waals surface area contributed by atoms with Gasteiger partial charge in [-0.3, -0.25) is 0 Å². The van der Waals surface area contributed by atoms with Crippen LogP contribution in [0.5, 0.6) is 17.2 Å². The van der Waals surface area contributed by atoms with Crippen molar-refractivity contribution in [3.05, 3.63) is 16.7 Å². The van der Waals surface area contributed by atoms with E-state index in [9.17, 15) is 0 Å². The Morgan fingerprint density at radius 2 is 1.70 bits per heavy atom. The Bertz CT molecular complexity index is 515. The van der Waals surface area contributed by atoms with Crippen LogP contribution in [0, 0.1) is 17.8 Å². The van der Waals surface area contributed by atoms with Crippen molar-refractivity contribution in [2.24, 2.45) is 5.92 Å². The average molecular weight is 297 g/mol. The molecule has 0 saturated carbocycles. The molecule has 1 rings (SSSR count). The number of methoxy groups -OCH3 is 3. The zero-order valence-corrected chi connectivity index (χ0v) is 13.4. The quantitative estimate of drug-likeness (QED) is 0.770. The van der Waals surface area contributed by atoms with Crippen LogP contribution in [-0.2, 0) is 6.42 Å². The molecule has 0 aliphatic rings. The van der Waals surface area contributed by atoms with Crippen LogP contribution in [-0.4, -0.2) is 21.3 Å². The molecule has 1 aromatic rings. The number of benzene rings is 1. The molecule has 0 fully saturated rings. The fourth-order valence-electron chi connectivity index (χ4n) is 2.05. The first-order valence-electron chi connectivity index (χ1n) is 6.54. The number of ether oxygens (including phenoxy) is 3. The summed E-state index contributed by atoms with van der Waals surface area (Å²) in [6, 6.07) is 1.85. The first-order chi connectivity index (χ1) is 9.58. The molecular formula is C16H21ClO3. The predicted molar refractivity (Wildman–Crippen MR) is 82.0 cm³/mol. The highest BCUT2D eigenvalue weighted by atomic mass is 35.5. The van der Waals surface area contributed by atoms with Crippen LogP contribution >= 0.6 is 11.6 Å². The molecule has 0 heterocycles. The zero-order valence-electron chi connectivity index (χ0n) is 12.7. The van der Waals surface area contributed by atoms with Crippen LogP contribution in [0.4, 0.5) is 0 Å². The van der Waals surface area contributed by atoms with Gasteiger partial charge in [-0.25, -0.2) is 0 Å². The van der Waals surface area contributed by atoms with Crippen LogP contribution in [0.15, 0.2) is 6.07 Å². The molecule has 1 unspecified atom stereocenters. The highest BCUT2D eigenvalue weighted by Crippen LogP contribution is 2.45. The second-order valence-corrected chi connectivity index (χ2v) is 4.80. The van der Waals surface area contributed by atoms with Crippen LogP contribution in [0.3, 0.4) is 0 Å². The van der Waals surface area contributed by atoms with E-state index in [1.807, 2.05) is 13.0 Å². The number of hydrogen-bond donors (Lipinski definition) is 0. The van der Waals surface area contributed by atoms with Gasteiger partial charge in [0.05, 0.1) is 26.4 Å². The lowest BCUT2D eigenvalue weighted by Gasteiger charge is -2.18. The highest BCUT2D eigenvalue weighted by Gasteiger charge is 2.20. The van der Waals surface area contributed by atoms with Gasteiger partial charge in [-0.1, -0.05) is 31.4 Å². The van der Waals surface area contributed by atoms with Gasteiger partial charge in [-0.2, -0.15) is 0 Å². The fourth-order valence-corrected chi connectivity index (χ4v) is 2.34. The van der Waals surface area contributed by atoms with E-state index >= 15 is 0 Å². The Kier molecular flexibility index (Phi) is 6.54. The average Bonchev–Trinajstić information content (AvgIpc) is 2.44. The molecule has 0 bridgehead atoms. The summed E-state index contributed by atoms with van der Waals surface area (Å²) in [5.74, 6) is 8.17. The summed E-state index contributed by atoms with van der Waals surface area (Å²) in [5, 5.41) is 0.510. The predicted octanol–water partition coefficient (Wildman–Crippen LogP) is 3.96. The number of hydrogen-bond acceptors (Lipinski definition) is 3. The minimum absolute atomic E-state index is 0.220. The summed E-state index contributed by atoms with van der Waals surface area (Å²) in [7, 11) is 4.73. The molecular weight excluding hydrogens is 276 g/mol. The molecule has 1 aromatic carbocycles. The third-order valence-corrected chi connectivity index (χ3v) is 3.17. The Labute approximate surface area is 126 Å². The summed E-state index contributed by atoms with van der Waals surface area (Å²) in [5.41, 5.74) is 0.966. The topological polar surface area (TPSA) is 27.7 Å². The molecule has 0 aliphatic carbocycles. The minimum atomic E-state index is 0.220. The van der Waals surface area contributed by atoms with Gasteiger partial charge in [-0.05, 0) is 12.5 Å². The van der Waals surface area contributed by atoms with Crippen molar-refractivity contribution in [2.45, 2.75) is 26.7 Å². The molecule has 20 heavy (non-hydrogen) atoms. The largest absolute Gasteiger partial charge is 0.492 e. The maximum Gasteiger partial charge on any atom is 0.205 e. The molecule has 0 amide bonds. The summed E-state index contributed by atoms with van der Waals surface area (Å²) >= 11 is 6.23. The van der Waals surface area contributed by atoms with Crippen LogP contribution in [0.2, 0.25) is 5.02 Å². The first-order valence-corrected chi connectivity index (χ1v) is 6.92. The summed E-state index contributed by atoms with van der Waals surface area (Å²) in [6.07, 6.45) is 1.60. The van der Waals surface area contributed by atoms with Crippen LogP contribution in [0.1, 0.15) is 25.8 Å². The molecule has 110 valence electrons. The summed E-state index contributed by atoms with van der Waals surface area (Å²) < 4.78 is 16.1. The Morgan fingerprint density at radius 3 is 2.20 bits per heavy atom. The lowest BCUT2D eigenvalue weighted by molar-refractivity contribution is 0.322. The van der Waals surface area contributed by atoms with Crippen molar-refractivity contribution in [1.29, 1.82) is 0 Å². The molecule has 0 radical (unpaired) electrons. The molecule has 4 heteroatoms. The van der Waals surface area contributed by atoms with E-state index in [1.54, 1.807) is 21.3 Å². The molecule has 3 nitrogen and oxygen atoms in total. The van der Waals surface area contributed by atoms with Crippen molar-refractivity contribution in [2.75, 3.05) is 21.3 Å². The lowest BCUT2D eigenvalue weighted by atomic mass is 10.00. The van der Waals surface area contributed by atoms with E-state index in [-0.39, 0.29) is 5.92 Å². The Hall–Kier alpha value is -1.53. The van der Waals surface area contributed by atoms with Gasteiger partial charge >= 0.3 is 0 Å². The maximum atomic E-state index is 6.23. The van der Waals surface area contributed by atoms with Gasteiger partial charge < -0.3 is 14.2 Å². The first kappa shape index (κ1) is 16.5. The van der Waals surface area contributed by atoms with E-state index in [4.69, 9.17) is 25.8 Å². The van der Waals surface area contributed by atoms with Gasteiger partial charge in [0.2, 0.25) is 5.75 Å². The normalized spacial score (nSPS) is 11.3. The molecule has 0 spiro atoms. The zero-order chi connectivity index (χ0) is 15.1. The van der Waals surface area contributed by atoms with Crippen molar-refractivity contribution >= 4 is 11.6 Å². The monoisotopic (exact) mass is 296 g/mol. The van der Waals surface area contributed by atoms with E-state index in [2.05, 4.69) is 18.8 Å². The van der Waals surface area contributed by atoms with Gasteiger partial charge in [0.15, 0.2) is 11.5 Å². The van der Waals surface area contributed by atoms with Crippen LogP contribution in [0.25, 0.3) is 0 Å². The van der Waals surface area contributed by atoms with Gasteiger partial charge in [0.25, 0.3) is 0 Å². The van der Waals surface area contributed by atoms with Crippen molar-refractivity contribution in [3.8, 4) is 29.1 Å². The minimum Gasteiger partial charge on any atom is -0.492 e. The van der Waals surface area contributed by atoms with E-state index < -0.39 is 0 Å². The third kappa shape index (κ3) is 3.74. The molecule has 1 atom stereocenters. The third-order valence-electron chi connectivity index (χ3n) is 2.89. The molecule has 0 N–H and O–H groups in total. The Morgan fingerprint density at radius 1 is 1.10 bits per heavy atom. The van der Waals surface area contributed by atoms with Crippen molar-refractivity contribution in [1.82, 2.24) is 0 Å². The standard InChI is InChI=1S/C16H21ClO3/c1-6-7-8-11(2)9-12-10-13(17)15(19-4)16(20-5)14(12)18-3/h10-11H,6,9H2,1-5H3. The molecule has 0 aromatic heterocycles. The molecule has 0 saturated heterocycles. The second-order valence-electron chi connectivity index (χ2n) is 4.40. The van der Waals surface area contributed by atoms with E-state index in [0.29, 0.717) is 22.3 Å². The van der Waals surface area contributed by atoms with Crippen molar-refractivity contribution < 1.29 is 14.2 Å². The van der Waals surface area contributed by atoms with Gasteiger partial charge in [0, 0.05) is 17.9 Å². The lowest BCUT2D eigenvalue weighted by Crippen LogP contribution is -2.03. The van der Waals surface area contributed by atoms with Gasteiger partial charge in [-0.15, -0.1) is 5.92 Å². The molecule has 0 aliphatic heterocycles. The SMILES string of the molecule is CCC#CC(C)Cc1cc(Cl)c(OC)c(OC)c1OC. The number of halogens is 1.